The van der Waals surface area contributed by atoms with Crippen molar-refractivity contribution in [2.45, 2.75) is 18.6 Å². The quantitative estimate of drug-likeness (QED) is 0.676. The van der Waals surface area contributed by atoms with E-state index in [0.29, 0.717) is 0 Å². The van der Waals surface area contributed by atoms with Crippen LogP contribution in [-0.2, 0) is 9.48 Å². The van der Waals surface area contributed by atoms with Crippen molar-refractivity contribution in [1.82, 2.24) is 0 Å². The van der Waals surface area contributed by atoms with E-state index < -0.39 is 0 Å². The minimum atomic E-state index is -0.0300. The molecule has 1 nitrogen and oxygen atoms in total. The van der Waals surface area contributed by atoms with E-state index in [4.69, 9.17) is 4.74 Å². The first kappa shape index (κ1) is 9.10. The van der Waals surface area contributed by atoms with E-state index in [1.807, 2.05) is 0 Å². The first-order valence-corrected chi connectivity index (χ1v) is 4.94. The number of thiol groups is 1. The Labute approximate surface area is 84.5 Å². The molecule has 1 aliphatic heterocycles. The lowest BCUT2D eigenvalue weighted by atomic mass is 9.91. The van der Waals surface area contributed by atoms with Crippen LogP contribution < -0.4 is 0 Å². The molecule has 1 fully saturated rings. The highest BCUT2D eigenvalue weighted by molar-refractivity contribution is 7.81. The largest absolute Gasteiger partial charge is 0.378 e. The predicted molar refractivity (Wildman–Crippen MR) is 57.4 cm³/mol. The Morgan fingerprint density at radius 2 is 2.00 bits per heavy atom. The molecule has 0 saturated carbocycles. The molecule has 0 spiro atoms. The van der Waals surface area contributed by atoms with Gasteiger partial charge in [0.15, 0.2) is 0 Å². The van der Waals surface area contributed by atoms with Gasteiger partial charge >= 0.3 is 0 Å². The van der Waals surface area contributed by atoms with Gasteiger partial charge in [-0.2, -0.15) is 12.6 Å². The van der Waals surface area contributed by atoms with Crippen LogP contribution in [0.5, 0.6) is 0 Å². The van der Waals surface area contributed by atoms with Crippen LogP contribution in [0.2, 0.25) is 0 Å². The van der Waals surface area contributed by atoms with Gasteiger partial charge in [-0.05, 0) is 25.0 Å². The Hall–Kier alpha value is -0.470. The summed E-state index contributed by atoms with van der Waals surface area (Å²) in [6.07, 6.45) is 0. The van der Waals surface area contributed by atoms with E-state index in [-0.39, 0.29) is 4.75 Å². The Balaban J connectivity index is 2.40. The van der Waals surface area contributed by atoms with Gasteiger partial charge in [-0.15, -0.1) is 0 Å². The van der Waals surface area contributed by atoms with Crippen molar-refractivity contribution in [3.63, 3.8) is 0 Å². The fourth-order valence-corrected chi connectivity index (χ4v) is 2.22. The molecule has 0 N–H and O–H groups in total. The minimum Gasteiger partial charge on any atom is -0.378 e. The zero-order valence-corrected chi connectivity index (χ0v) is 8.90. The molecule has 13 heavy (non-hydrogen) atoms. The molecule has 0 aliphatic carbocycles. The number of aryl methyl sites for hydroxylation is 2. The van der Waals surface area contributed by atoms with E-state index in [0.717, 1.165) is 13.2 Å². The molecule has 0 bridgehead atoms. The third-order valence-electron chi connectivity index (χ3n) is 2.56. The topological polar surface area (TPSA) is 9.23 Å². The summed E-state index contributed by atoms with van der Waals surface area (Å²) in [7, 11) is 0. The van der Waals surface area contributed by atoms with Gasteiger partial charge in [0.2, 0.25) is 0 Å². The Morgan fingerprint density at radius 1 is 1.31 bits per heavy atom. The SMILES string of the molecule is Cc1ccc(C2(S)COC2)c(C)c1. The second-order valence-corrected chi connectivity index (χ2v) is 4.70. The lowest BCUT2D eigenvalue weighted by molar-refractivity contribution is -0.00996. The van der Waals surface area contributed by atoms with Gasteiger partial charge in [0.25, 0.3) is 0 Å². The number of rotatable bonds is 1. The summed E-state index contributed by atoms with van der Waals surface area (Å²) in [5.41, 5.74) is 3.93. The molecule has 0 aromatic heterocycles. The molecule has 1 aliphatic rings. The zero-order chi connectivity index (χ0) is 9.47. The molecule has 2 heteroatoms. The minimum absolute atomic E-state index is 0.0300. The molecule has 1 aromatic rings. The fourth-order valence-electron chi connectivity index (χ4n) is 1.79. The van der Waals surface area contributed by atoms with Crippen LogP contribution in [-0.4, -0.2) is 13.2 Å². The number of benzene rings is 1. The van der Waals surface area contributed by atoms with E-state index in [2.05, 4.69) is 44.7 Å². The maximum absolute atomic E-state index is 5.20. The molecule has 0 radical (unpaired) electrons. The number of hydrogen-bond donors (Lipinski definition) is 1. The van der Waals surface area contributed by atoms with E-state index in [1.54, 1.807) is 0 Å². The summed E-state index contributed by atoms with van der Waals surface area (Å²) in [6, 6.07) is 6.50. The van der Waals surface area contributed by atoms with Gasteiger partial charge in [-0.3, -0.25) is 0 Å². The van der Waals surface area contributed by atoms with Gasteiger partial charge in [-0.25, -0.2) is 0 Å². The predicted octanol–water partition coefficient (Wildman–Crippen LogP) is 2.46. The molecular formula is C11H14OS. The Morgan fingerprint density at radius 3 is 2.46 bits per heavy atom. The molecule has 0 unspecified atom stereocenters. The van der Waals surface area contributed by atoms with Gasteiger partial charge in [0.1, 0.15) is 0 Å². The third-order valence-corrected chi connectivity index (χ3v) is 3.06. The second kappa shape index (κ2) is 3.03. The zero-order valence-electron chi connectivity index (χ0n) is 8.00. The standard InChI is InChI=1S/C11H14OS/c1-8-3-4-10(9(2)5-8)11(13)6-12-7-11/h3-5,13H,6-7H2,1-2H3. The third kappa shape index (κ3) is 1.49. The maximum atomic E-state index is 5.20. The van der Waals surface area contributed by atoms with Crippen LogP contribution in [0.1, 0.15) is 16.7 Å². The van der Waals surface area contributed by atoms with Crippen LogP contribution in [0.25, 0.3) is 0 Å². The molecule has 70 valence electrons. The summed E-state index contributed by atoms with van der Waals surface area (Å²) in [5.74, 6) is 0. The Bertz CT molecular complexity index is 329. The lowest BCUT2D eigenvalue weighted by Crippen LogP contribution is -2.42. The highest BCUT2D eigenvalue weighted by atomic mass is 32.1. The van der Waals surface area contributed by atoms with Crippen LogP contribution >= 0.6 is 12.6 Å². The molecule has 1 saturated heterocycles. The fraction of sp³-hybridized carbons (Fsp3) is 0.455. The molecule has 2 rings (SSSR count). The average molecular weight is 194 g/mol. The van der Waals surface area contributed by atoms with Crippen molar-refractivity contribution >= 4 is 12.6 Å². The first-order chi connectivity index (χ1) is 6.12. The summed E-state index contributed by atoms with van der Waals surface area (Å²) in [4.78, 5) is 0. The van der Waals surface area contributed by atoms with Crippen LogP contribution in [0, 0.1) is 13.8 Å². The maximum Gasteiger partial charge on any atom is 0.0847 e. The molecule has 0 amide bonds. The number of ether oxygens (including phenoxy) is 1. The smallest absolute Gasteiger partial charge is 0.0847 e. The van der Waals surface area contributed by atoms with Crippen molar-refractivity contribution in [3.8, 4) is 0 Å². The molecule has 1 heterocycles. The molecule has 1 aromatic carbocycles. The summed E-state index contributed by atoms with van der Waals surface area (Å²) >= 11 is 4.64. The Kier molecular flexibility index (Phi) is 2.12. The highest BCUT2D eigenvalue weighted by Crippen LogP contribution is 2.37. The number of hydrogen-bond acceptors (Lipinski definition) is 2. The summed E-state index contributed by atoms with van der Waals surface area (Å²) in [6.45, 7) is 5.72. The van der Waals surface area contributed by atoms with Crippen LogP contribution in [0.4, 0.5) is 0 Å². The summed E-state index contributed by atoms with van der Waals surface area (Å²) in [5, 5.41) is 0. The monoisotopic (exact) mass is 194 g/mol. The van der Waals surface area contributed by atoms with Gasteiger partial charge in [-0.1, -0.05) is 23.8 Å². The first-order valence-electron chi connectivity index (χ1n) is 4.50. The van der Waals surface area contributed by atoms with Crippen LogP contribution in [0.15, 0.2) is 18.2 Å². The molecular weight excluding hydrogens is 180 g/mol. The lowest BCUT2D eigenvalue weighted by Gasteiger charge is -2.38. The normalized spacial score (nSPS) is 19.6. The highest BCUT2D eigenvalue weighted by Gasteiger charge is 2.37. The van der Waals surface area contributed by atoms with E-state index >= 15 is 0 Å². The molecule has 0 atom stereocenters. The van der Waals surface area contributed by atoms with Crippen molar-refractivity contribution in [2.24, 2.45) is 0 Å². The van der Waals surface area contributed by atoms with Gasteiger partial charge < -0.3 is 4.74 Å². The van der Waals surface area contributed by atoms with Crippen molar-refractivity contribution in [3.05, 3.63) is 34.9 Å². The second-order valence-electron chi connectivity index (χ2n) is 3.84. The summed E-state index contributed by atoms with van der Waals surface area (Å²) < 4.78 is 5.17. The van der Waals surface area contributed by atoms with E-state index in [9.17, 15) is 0 Å². The van der Waals surface area contributed by atoms with E-state index in [1.165, 1.54) is 16.7 Å². The van der Waals surface area contributed by atoms with Crippen molar-refractivity contribution in [1.29, 1.82) is 0 Å². The van der Waals surface area contributed by atoms with Crippen LogP contribution in [0.3, 0.4) is 0 Å². The van der Waals surface area contributed by atoms with Gasteiger partial charge in [0.05, 0.1) is 18.0 Å². The van der Waals surface area contributed by atoms with Gasteiger partial charge in [0, 0.05) is 0 Å². The average Bonchev–Trinajstić information content (AvgIpc) is 2.00. The van der Waals surface area contributed by atoms with Crippen molar-refractivity contribution in [2.75, 3.05) is 13.2 Å². The van der Waals surface area contributed by atoms with Crippen molar-refractivity contribution < 1.29 is 4.74 Å².